The molecule has 1 N–H and O–H groups in total. The molecule has 0 fully saturated rings. The van der Waals surface area contributed by atoms with Gasteiger partial charge in [-0.1, -0.05) is 12.1 Å². The number of carbonyl (C=O) groups excluding carboxylic acids is 1. The maximum atomic E-state index is 13.4. The molecule has 1 rings (SSSR count). The predicted molar refractivity (Wildman–Crippen MR) is 80.9 cm³/mol. The van der Waals surface area contributed by atoms with Crippen molar-refractivity contribution in [1.82, 2.24) is 10.3 Å². The molecule has 23 heavy (non-hydrogen) atoms. The Labute approximate surface area is 131 Å². The zero-order valence-corrected chi connectivity index (χ0v) is 12.7. The first kappa shape index (κ1) is 18.3. The van der Waals surface area contributed by atoms with Gasteiger partial charge in [0.25, 0.3) is 5.91 Å². The number of pyridine rings is 1. The van der Waals surface area contributed by atoms with Gasteiger partial charge in [-0.3, -0.25) is 14.9 Å². The molecule has 1 aromatic heterocycles. The van der Waals surface area contributed by atoms with Gasteiger partial charge in [0.2, 0.25) is 12.0 Å². The molecular weight excluding hydrogens is 307 g/mol. The molecule has 0 aliphatic carbocycles. The van der Waals surface area contributed by atoms with E-state index in [0.29, 0.717) is 5.57 Å². The molecule has 0 aliphatic heterocycles. The summed E-state index contributed by atoms with van der Waals surface area (Å²) in [6.07, 6.45) is 2.81. The first-order valence-corrected chi connectivity index (χ1v) is 6.93. The van der Waals surface area contributed by atoms with E-state index < -0.39 is 28.9 Å². The van der Waals surface area contributed by atoms with Gasteiger partial charge in [-0.2, -0.15) is 9.30 Å². The maximum Gasteiger partial charge on any atom is 0.256 e. The van der Waals surface area contributed by atoms with Crippen LogP contribution in [0, 0.1) is 21.0 Å². The van der Waals surface area contributed by atoms with E-state index >= 15 is 0 Å². The van der Waals surface area contributed by atoms with Gasteiger partial charge in [0.05, 0.1) is 5.56 Å². The quantitative estimate of drug-likeness (QED) is 0.258. The summed E-state index contributed by atoms with van der Waals surface area (Å²) in [5, 5.41) is 16.0. The van der Waals surface area contributed by atoms with Crippen LogP contribution >= 0.6 is 0 Å². The molecule has 0 aromatic carbocycles. The topological polar surface area (TPSA) is 115 Å². The summed E-state index contributed by atoms with van der Waals surface area (Å²) in [6, 6.07) is 0.765. The fourth-order valence-electron chi connectivity index (χ4n) is 2.03. The lowest BCUT2D eigenvalue weighted by Crippen LogP contribution is -2.32. The Morgan fingerprint density at radius 1 is 1.61 bits per heavy atom. The van der Waals surface area contributed by atoms with E-state index in [1.54, 1.807) is 6.92 Å². The minimum absolute atomic E-state index is 0.192. The van der Waals surface area contributed by atoms with E-state index in [2.05, 4.69) is 15.5 Å². The monoisotopic (exact) mass is 324 g/mol. The second-order valence-electron chi connectivity index (χ2n) is 4.84. The highest BCUT2D eigenvalue weighted by molar-refractivity contribution is 5.94. The Kier molecular flexibility index (Phi) is 6.91. The second-order valence-corrected chi connectivity index (χ2v) is 4.84. The van der Waals surface area contributed by atoms with Crippen LogP contribution in [0.15, 0.2) is 35.2 Å². The SMILES string of the molecule is CCC(C(C)=CC(CNC(=O)c1cccnc1F)N=O)[N+](=O)[O-]. The highest BCUT2D eigenvalue weighted by Crippen LogP contribution is 2.11. The van der Waals surface area contributed by atoms with Gasteiger partial charge in [-0.05, 0) is 30.7 Å². The third-order valence-corrected chi connectivity index (χ3v) is 3.23. The van der Waals surface area contributed by atoms with Crippen molar-refractivity contribution in [3.8, 4) is 0 Å². The third-order valence-electron chi connectivity index (χ3n) is 3.23. The Hall–Kier alpha value is -2.71. The van der Waals surface area contributed by atoms with Crippen LogP contribution in [0.25, 0.3) is 0 Å². The Balaban J connectivity index is 2.74. The number of aromatic nitrogens is 1. The third kappa shape index (κ3) is 5.20. The molecule has 1 heterocycles. The van der Waals surface area contributed by atoms with Crippen LogP contribution in [0.5, 0.6) is 0 Å². The van der Waals surface area contributed by atoms with Crippen LogP contribution in [-0.4, -0.2) is 34.4 Å². The average molecular weight is 324 g/mol. The number of halogens is 1. The molecule has 0 spiro atoms. The van der Waals surface area contributed by atoms with E-state index in [0.717, 1.165) is 0 Å². The molecule has 0 bridgehead atoms. The zero-order chi connectivity index (χ0) is 17.4. The average Bonchev–Trinajstić information content (AvgIpc) is 2.51. The van der Waals surface area contributed by atoms with E-state index in [9.17, 15) is 24.2 Å². The Bertz CT molecular complexity index is 621. The van der Waals surface area contributed by atoms with Crippen LogP contribution in [0.1, 0.15) is 30.6 Å². The molecule has 0 aliphatic rings. The summed E-state index contributed by atoms with van der Waals surface area (Å²) < 4.78 is 13.4. The number of nitrogens with one attached hydrogen (secondary N) is 1. The summed E-state index contributed by atoms with van der Waals surface area (Å²) in [7, 11) is 0. The van der Waals surface area contributed by atoms with Crippen molar-refractivity contribution in [2.24, 2.45) is 5.18 Å². The lowest BCUT2D eigenvalue weighted by molar-refractivity contribution is -0.512. The molecule has 0 saturated heterocycles. The number of nitro groups is 1. The molecule has 1 amide bonds. The van der Waals surface area contributed by atoms with Crippen molar-refractivity contribution < 1.29 is 14.1 Å². The van der Waals surface area contributed by atoms with E-state index in [1.807, 2.05) is 0 Å². The highest BCUT2D eigenvalue weighted by atomic mass is 19.1. The minimum atomic E-state index is -0.979. The standard InChI is InChI=1S/C14H17FN4O4/c1-3-12(19(22)23)9(2)7-10(18-21)8-17-14(20)11-5-4-6-16-13(11)15/h4-7,10,12H,3,8H2,1-2H3,(H,17,20). The maximum absolute atomic E-state index is 13.4. The van der Waals surface area contributed by atoms with E-state index in [4.69, 9.17) is 0 Å². The van der Waals surface area contributed by atoms with Crippen molar-refractivity contribution in [2.75, 3.05) is 6.54 Å². The summed E-state index contributed by atoms with van der Waals surface area (Å²) >= 11 is 0. The second kappa shape index (κ2) is 8.66. The van der Waals surface area contributed by atoms with Crippen LogP contribution in [0.3, 0.4) is 0 Å². The van der Waals surface area contributed by atoms with Gasteiger partial charge >= 0.3 is 0 Å². The number of amides is 1. The summed E-state index contributed by atoms with van der Waals surface area (Å²) in [4.78, 5) is 36.4. The number of nitroso groups, excluding NO2 is 1. The van der Waals surface area contributed by atoms with Crippen LogP contribution in [0.2, 0.25) is 0 Å². The smallest absolute Gasteiger partial charge is 0.256 e. The number of hydrogen-bond acceptors (Lipinski definition) is 6. The first-order valence-electron chi connectivity index (χ1n) is 6.93. The van der Waals surface area contributed by atoms with Crippen molar-refractivity contribution in [3.05, 3.63) is 56.5 Å². The number of rotatable bonds is 8. The lowest BCUT2D eigenvalue weighted by atomic mass is 10.0. The molecule has 124 valence electrons. The molecule has 0 radical (unpaired) electrons. The van der Waals surface area contributed by atoms with Gasteiger partial charge in [-0.15, -0.1) is 0 Å². The Morgan fingerprint density at radius 3 is 2.83 bits per heavy atom. The highest BCUT2D eigenvalue weighted by Gasteiger charge is 2.21. The molecule has 2 unspecified atom stereocenters. The van der Waals surface area contributed by atoms with Crippen molar-refractivity contribution in [2.45, 2.75) is 32.4 Å². The predicted octanol–water partition coefficient (Wildman–Crippen LogP) is 2.09. The normalized spacial score (nSPS) is 14.0. The van der Waals surface area contributed by atoms with Crippen molar-refractivity contribution in [1.29, 1.82) is 0 Å². The number of hydrogen-bond donors (Lipinski definition) is 1. The fourth-order valence-corrected chi connectivity index (χ4v) is 2.03. The largest absolute Gasteiger partial charge is 0.349 e. The molecule has 2 atom stereocenters. The van der Waals surface area contributed by atoms with Gasteiger partial charge in [-0.25, -0.2) is 4.98 Å². The van der Waals surface area contributed by atoms with Gasteiger partial charge < -0.3 is 5.32 Å². The Morgan fingerprint density at radius 2 is 2.30 bits per heavy atom. The summed E-state index contributed by atoms with van der Waals surface area (Å²) in [5.41, 5.74) is 0.124. The lowest BCUT2D eigenvalue weighted by Gasteiger charge is -2.11. The zero-order valence-electron chi connectivity index (χ0n) is 12.7. The van der Waals surface area contributed by atoms with Gasteiger partial charge in [0.1, 0.15) is 6.04 Å². The molecule has 9 heteroatoms. The van der Waals surface area contributed by atoms with Crippen molar-refractivity contribution >= 4 is 5.91 Å². The van der Waals surface area contributed by atoms with Crippen LogP contribution < -0.4 is 5.32 Å². The molecule has 1 aromatic rings. The van der Waals surface area contributed by atoms with Crippen LogP contribution in [-0.2, 0) is 0 Å². The molecule has 8 nitrogen and oxygen atoms in total. The number of carbonyl (C=O) groups is 1. The summed E-state index contributed by atoms with van der Waals surface area (Å²) in [6.45, 7) is 2.99. The van der Waals surface area contributed by atoms with E-state index in [-0.39, 0.29) is 18.5 Å². The molecular formula is C14H17FN4O4. The number of nitrogens with zero attached hydrogens (tertiary/aromatic N) is 3. The minimum Gasteiger partial charge on any atom is -0.349 e. The van der Waals surface area contributed by atoms with Crippen molar-refractivity contribution in [3.63, 3.8) is 0 Å². The van der Waals surface area contributed by atoms with Gasteiger partial charge in [0.15, 0.2) is 0 Å². The first-order chi connectivity index (χ1) is 10.9. The summed E-state index contributed by atoms with van der Waals surface area (Å²) in [5.74, 6) is -1.66. The fraction of sp³-hybridized carbons (Fsp3) is 0.429. The van der Waals surface area contributed by atoms with Gasteiger partial charge in [0, 0.05) is 24.1 Å². The van der Waals surface area contributed by atoms with E-state index in [1.165, 1.54) is 31.3 Å². The molecule has 0 saturated carbocycles. The van der Waals surface area contributed by atoms with Crippen LogP contribution in [0.4, 0.5) is 4.39 Å².